The molecular weight excluding hydrogens is 384 g/mol. The number of nitrogens with one attached hydrogen (secondary N) is 1. The summed E-state index contributed by atoms with van der Waals surface area (Å²) in [5.41, 5.74) is 2.44. The van der Waals surface area contributed by atoms with E-state index >= 15 is 0 Å². The Morgan fingerprint density at radius 1 is 1.15 bits per heavy atom. The van der Waals surface area contributed by atoms with Gasteiger partial charge in [-0.3, -0.25) is 9.10 Å². The van der Waals surface area contributed by atoms with Gasteiger partial charge in [-0.05, 0) is 48.2 Å². The van der Waals surface area contributed by atoms with Crippen molar-refractivity contribution in [3.05, 3.63) is 59.1 Å². The molecule has 0 heterocycles. The van der Waals surface area contributed by atoms with E-state index in [2.05, 4.69) is 19.2 Å². The van der Waals surface area contributed by atoms with Gasteiger partial charge in [0, 0.05) is 23.7 Å². The molecule has 0 saturated heterocycles. The van der Waals surface area contributed by atoms with E-state index in [9.17, 15) is 13.2 Å². The second-order valence-corrected chi connectivity index (χ2v) is 9.09. The molecule has 1 amide bonds. The molecule has 1 N–H and O–H groups in total. The van der Waals surface area contributed by atoms with Crippen LogP contribution >= 0.6 is 11.6 Å². The zero-order valence-electron chi connectivity index (χ0n) is 15.8. The standard InChI is InChI=1S/C20H25ClN2O3S/c1-15(2)16-9-11-18(12-10-16)22-20(24)8-5-13-23(27(3,25)26)19-7-4-6-17(21)14-19/h4,6-7,9-12,14-15H,5,8,13H2,1-3H3,(H,22,24). The number of anilines is 2. The fraction of sp³-hybridized carbons (Fsp3) is 0.350. The first-order valence-corrected chi connectivity index (χ1v) is 11.0. The zero-order valence-corrected chi connectivity index (χ0v) is 17.3. The number of carbonyl (C=O) groups is 1. The third-order valence-electron chi connectivity index (χ3n) is 4.12. The van der Waals surface area contributed by atoms with E-state index < -0.39 is 10.0 Å². The van der Waals surface area contributed by atoms with Gasteiger partial charge >= 0.3 is 0 Å². The topological polar surface area (TPSA) is 66.5 Å². The maximum Gasteiger partial charge on any atom is 0.232 e. The van der Waals surface area contributed by atoms with Crippen molar-refractivity contribution in [2.45, 2.75) is 32.6 Å². The van der Waals surface area contributed by atoms with Gasteiger partial charge < -0.3 is 5.32 Å². The molecule has 7 heteroatoms. The van der Waals surface area contributed by atoms with Gasteiger partial charge in [0.2, 0.25) is 15.9 Å². The number of sulfonamides is 1. The highest BCUT2D eigenvalue weighted by Gasteiger charge is 2.17. The van der Waals surface area contributed by atoms with Crippen molar-refractivity contribution in [1.29, 1.82) is 0 Å². The van der Waals surface area contributed by atoms with Crippen LogP contribution in [0.4, 0.5) is 11.4 Å². The van der Waals surface area contributed by atoms with Crippen LogP contribution in [0.1, 0.15) is 38.2 Å². The molecule has 0 aromatic heterocycles. The molecule has 0 fully saturated rings. The van der Waals surface area contributed by atoms with E-state index in [1.165, 1.54) is 9.87 Å². The van der Waals surface area contributed by atoms with Gasteiger partial charge in [0.15, 0.2) is 0 Å². The highest BCUT2D eigenvalue weighted by molar-refractivity contribution is 7.92. The second-order valence-electron chi connectivity index (χ2n) is 6.74. The first-order valence-electron chi connectivity index (χ1n) is 8.80. The average molecular weight is 409 g/mol. The fourth-order valence-corrected chi connectivity index (χ4v) is 3.82. The van der Waals surface area contributed by atoms with Crippen LogP contribution in [0.3, 0.4) is 0 Å². The molecule has 2 aromatic carbocycles. The van der Waals surface area contributed by atoms with Crippen molar-refractivity contribution in [1.82, 2.24) is 0 Å². The van der Waals surface area contributed by atoms with E-state index in [0.717, 1.165) is 11.9 Å². The molecule has 0 aliphatic heterocycles. The SMILES string of the molecule is CC(C)c1ccc(NC(=O)CCCN(c2cccc(Cl)c2)S(C)(=O)=O)cc1. The van der Waals surface area contributed by atoms with Crippen LogP contribution < -0.4 is 9.62 Å². The van der Waals surface area contributed by atoms with Crippen LogP contribution in [0.5, 0.6) is 0 Å². The number of benzene rings is 2. The molecule has 0 spiro atoms. The summed E-state index contributed by atoms with van der Waals surface area (Å²) in [5.74, 6) is 0.287. The minimum atomic E-state index is -3.46. The lowest BCUT2D eigenvalue weighted by Crippen LogP contribution is -2.31. The molecule has 0 saturated carbocycles. The van der Waals surface area contributed by atoms with Crippen molar-refractivity contribution in [3.63, 3.8) is 0 Å². The maximum atomic E-state index is 12.2. The lowest BCUT2D eigenvalue weighted by molar-refractivity contribution is -0.116. The number of amides is 1. The summed E-state index contributed by atoms with van der Waals surface area (Å²) in [6.07, 6.45) is 1.76. The highest BCUT2D eigenvalue weighted by Crippen LogP contribution is 2.22. The molecule has 0 bridgehead atoms. The van der Waals surface area contributed by atoms with Crippen molar-refractivity contribution in [3.8, 4) is 0 Å². The molecule has 2 rings (SSSR count). The summed E-state index contributed by atoms with van der Waals surface area (Å²) in [7, 11) is -3.46. The Bertz CT molecular complexity index is 880. The molecule has 27 heavy (non-hydrogen) atoms. The summed E-state index contributed by atoms with van der Waals surface area (Å²) < 4.78 is 25.4. The third kappa shape index (κ3) is 6.56. The Labute approximate surface area is 166 Å². The van der Waals surface area contributed by atoms with Crippen LogP contribution in [0.2, 0.25) is 5.02 Å². The Morgan fingerprint density at radius 3 is 2.37 bits per heavy atom. The monoisotopic (exact) mass is 408 g/mol. The molecule has 0 aliphatic carbocycles. The Morgan fingerprint density at radius 2 is 1.81 bits per heavy atom. The van der Waals surface area contributed by atoms with E-state index in [1.54, 1.807) is 24.3 Å². The summed E-state index contributed by atoms with van der Waals surface area (Å²) in [4.78, 5) is 12.2. The van der Waals surface area contributed by atoms with Crippen molar-refractivity contribution in [2.24, 2.45) is 0 Å². The van der Waals surface area contributed by atoms with Gasteiger partial charge in [-0.2, -0.15) is 0 Å². The maximum absolute atomic E-state index is 12.2. The molecule has 2 aromatic rings. The number of nitrogens with zero attached hydrogens (tertiary/aromatic N) is 1. The van der Waals surface area contributed by atoms with Crippen LogP contribution in [0, 0.1) is 0 Å². The van der Waals surface area contributed by atoms with Gasteiger partial charge in [0.05, 0.1) is 11.9 Å². The molecule has 0 atom stereocenters. The number of rotatable bonds is 8. The largest absolute Gasteiger partial charge is 0.326 e. The van der Waals surface area contributed by atoms with Crippen LogP contribution in [-0.2, 0) is 14.8 Å². The summed E-state index contributed by atoms with van der Waals surface area (Å²) in [6, 6.07) is 14.4. The van der Waals surface area contributed by atoms with Crippen LogP contribution in [0.15, 0.2) is 48.5 Å². The lowest BCUT2D eigenvalue weighted by Gasteiger charge is -2.22. The first kappa shape index (κ1) is 21.3. The molecule has 0 radical (unpaired) electrons. The zero-order chi connectivity index (χ0) is 20.0. The van der Waals surface area contributed by atoms with Gasteiger partial charge in [0.25, 0.3) is 0 Å². The predicted octanol–water partition coefficient (Wildman–Crippen LogP) is 4.65. The Kier molecular flexibility index (Phi) is 7.27. The average Bonchev–Trinajstić information content (AvgIpc) is 2.58. The minimum Gasteiger partial charge on any atom is -0.326 e. The van der Waals surface area contributed by atoms with E-state index in [0.29, 0.717) is 23.0 Å². The highest BCUT2D eigenvalue weighted by atomic mass is 35.5. The van der Waals surface area contributed by atoms with Crippen molar-refractivity contribution >= 4 is 38.9 Å². The van der Waals surface area contributed by atoms with Crippen LogP contribution in [-0.4, -0.2) is 27.1 Å². The quantitative estimate of drug-likeness (QED) is 0.691. The number of hydrogen-bond acceptors (Lipinski definition) is 3. The molecule has 146 valence electrons. The predicted molar refractivity (Wildman–Crippen MR) is 112 cm³/mol. The summed E-state index contributed by atoms with van der Waals surface area (Å²) in [6.45, 7) is 4.43. The van der Waals surface area contributed by atoms with Crippen LogP contribution in [0.25, 0.3) is 0 Å². The van der Waals surface area contributed by atoms with Gasteiger partial charge in [0.1, 0.15) is 0 Å². The molecule has 0 aliphatic rings. The number of hydrogen-bond donors (Lipinski definition) is 1. The second kappa shape index (κ2) is 9.24. The third-order valence-corrected chi connectivity index (χ3v) is 5.55. The summed E-state index contributed by atoms with van der Waals surface area (Å²) in [5, 5.41) is 3.30. The Balaban J connectivity index is 1.93. The minimum absolute atomic E-state index is 0.146. The van der Waals surface area contributed by atoms with Crippen molar-refractivity contribution in [2.75, 3.05) is 22.4 Å². The van der Waals surface area contributed by atoms with Gasteiger partial charge in [-0.1, -0.05) is 43.6 Å². The normalized spacial score (nSPS) is 11.4. The van der Waals surface area contributed by atoms with E-state index in [4.69, 9.17) is 11.6 Å². The van der Waals surface area contributed by atoms with Gasteiger partial charge in [-0.15, -0.1) is 0 Å². The smallest absolute Gasteiger partial charge is 0.232 e. The first-order chi connectivity index (χ1) is 12.7. The number of halogens is 1. The van der Waals surface area contributed by atoms with E-state index in [-0.39, 0.29) is 18.9 Å². The molecular formula is C20H25ClN2O3S. The van der Waals surface area contributed by atoms with Crippen molar-refractivity contribution < 1.29 is 13.2 Å². The van der Waals surface area contributed by atoms with E-state index in [1.807, 2.05) is 24.3 Å². The molecule has 0 unspecified atom stereocenters. The lowest BCUT2D eigenvalue weighted by atomic mass is 10.0. The molecule has 5 nitrogen and oxygen atoms in total. The summed E-state index contributed by atoms with van der Waals surface area (Å²) >= 11 is 5.96. The van der Waals surface area contributed by atoms with Gasteiger partial charge in [-0.25, -0.2) is 8.42 Å². The Hall–Kier alpha value is -2.05. The fourth-order valence-electron chi connectivity index (χ4n) is 2.68. The number of carbonyl (C=O) groups excluding carboxylic acids is 1.